The topological polar surface area (TPSA) is 38.0 Å². The molecule has 0 heterocycles. The molecular weight excluding hydrogens is 232 g/mol. The molecule has 1 atom stereocenters. The minimum absolute atomic E-state index is 0.500. The maximum atomic E-state index is 5.69. The molecule has 2 nitrogen and oxygen atoms in total. The Bertz CT molecular complexity index is 235. The van der Waals surface area contributed by atoms with E-state index in [1.165, 1.54) is 83.5 Å². The molecule has 0 saturated heterocycles. The van der Waals surface area contributed by atoms with Gasteiger partial charge in [0.15, 0.2) is 0 Å². The van der Waals surface area contributed by atoms with Crippen molar-refractivity contribution in [1.82, 2.24) is 5.43 Å². The van der Waals surface area contributed by atoms with Crippen LogP contribution in [0.15, 0.2) is 11.6 Å². The SMILES string of the molecule is CCCCCCCCCC(CC1=CCCCC1)NN. The molecule has 112 valence electrons. The third kappa shape index (κ3) is 8.43. The first-order chi connectivity index (χ1) is 9.36. The van der Waals surface area contributed by atoms with E-state index in [9.17, 15) is 0 Å². The zero-order valence-electron chi connectivity index (χ0n) is 12.9. The molecule has 1 unspecified atom stereocenters. The van der Waals surface area contributed by atoms with Gasteiger partial charge in [0, 0.05) is 6.04 Å². The fourth-order valence-corrected chi connectivity index (χ4v) is 3.00. The summed E-state index contributed by atoms with van der Waals surface area (Å²) in [5.41, 5.74) is 4.66. The van der Waals surface area contributed by atoms with E-state index >= 15 is 0 Å². The summed E-state index contributed by atoms with van der Waals surface area (Å²) >= 11 is 0. The molecule has 0 saturated carbocycles. The second kappa shape index (κ2) is 11.5. The van der Waals surface area contributed by atoms with Crippen LogP contribution in [-0.4, -0.2) is 6.04 Å². The van der Waals surface area contributed by atoms with E-state index in [0.717, 1.165) is 0 Å². The van der Waals surface area contributed by atoms with Crippen molar-refractivity contribution in [3.63, 3.8) is 0 Å². The number of allylic oxidation sites excluding steroid dienone is 1. The van der Waals surface area contributed by atoms with Gasteiger partial charge >= 0.3 is 0 Å². The largest absolute Gasteiger partial charge is 0.271 e. The van der Waals surface area contributed by atoms with Gasteiger partial charge in [0.1, 0.15) is 0 Å². The molecule has 1 rings (SSSR count). The second-order valence-electron chi connectivity index (χ2n) is 6.09. The van der Waals surface area contributed by atoms with Gasteiger partial charge in [-0.2, -0.15) is 0 Å². The van der Waals surface area contributed by atoms with Crippen molar-refractivity contribution in [2.75, 3.05) is 0 Å². The van der Waals surface area contributed by atoms with E-state index < -0.39 is 0 Å². The molecule has 2 heteroatoms. The Kier molecular flexibility index (Phi) is 10.1. The van der Waals surface area contributed by atoms with E-state index in [0.29, 0.717) is 6.04 Å². The molecule has 0 radical (unpaired) electrons. The van der Waals surface area contributed by atoms with E-state index in [-0.39, 0.29) is 0 Å². The Morgan fingerprint density at radius 3 is 2.47 bits per heavy atom. The highest BCUT2D eigenvalue weighted by Crippen LogP contribution is 2.22. The zero-order chi connectivity index (χ0) is 13.8. The van der Waals surface area contributed by atoms with Crippen molar-refractivity contribution in [2.45, 2.75) is 96.4 Å². The third-order valence-corrected chi connectivity index (χ3v) is 4.29. The van der Waals surface area contributed by atoms with Gasteiger partial charge in [0.2, 0.25) is 0 Å². The minimum atomic E-state index is 0.500. The van der Waals surface area contributed by atoms with Crippen LogP contribution in [0.1, 0.15) is 90.4 Å². The zero-order valence-corrected chi connectivity index (χ0v) is 12.9. The van der Waals surface area contributed by atoms with Gasteiger partial charge in [-0.05, 0) is 38.5 Å². The molecule has 0 aromatic rings. The molecule has 0 aromatic carbocycles. The Morgan fingerprint density at radius 1 is 1.11 bits per heavy atom. The summed E-state index contributed by atoms with van der Waals surface area (Å²) < 4.78 is 0. The molecule has 1 aliphatic rings. The third-order valence-electron chi connectivity index (χ3n) is 4.29. The Labute approximate surface area is 120 Å². The van der Waals surface area contributed by atoms with Crippen LogP contribution in [0.5, 0.6) is 0 Å². The van der Waals surface area contributed by atoms with Crippen LogP contribution in [0, 0.1) is 0 Å². The Hall–Kier alpha value is -0.340. The predicted molar refractivity (Wildman–Crippen MR) is 84.9 cm³/mol. The lowest BCUT2D eigenvalue weighted by molar-refractivity contribution is 0.449. The number of hydrogen-bond acceptors (Lipinski definition) is 2. The van der Waals surface area contributed by atoms with Gasteiger partial charge in [-0.15, -0.1) is 0 Å². The van der Waals surface area contributed by atoms with E-state index in [2.05, 4.69) is 18.4 Å². The van der Waals surface area contributed by atoms with Crippen LogP contribution in [0.2, 0.25) is 0 Å². The van der Waals surface area contributed by atoms with Gasteiger partial charge in [-0.3, -0.25) is 11.3 Å². The van der Waals surface area contributed by atoms with Crippen LogP contribution in [0.4, 0.5) is 0 Å². The Balaban J connectivity index is 2.03. The van der Waals surface area contributed by atoms with Crippen LogP contribution < -0.4 is 11.3 Å². The monoisotopic (exact) mass is 266 g/mol. The van der Waals surface area contributed by atoms with Crippen molar-refractivity contribution in [3.8, 4) is 0 Å². The summed E-state index contributed by atoms with van der Waals surface area (Å²) in [6.45, 7) is 2.28. The van der Waals surface area contributed by atoms with Crippen molar-refractivity contribution < 1.29 is 0 Å². The lowest BCUT2D eigenvalue weighted by atomic mass is 9.92. The lowest BCUT2D eigenvalue weighted by Gasteiger charge is -2.20. The summed E-state index contributed by atoms with van der Waals surface area (Å²) in [6.07, 6.45) is 19.9. The van der Waals surface area contributed by atoms with Crippen LogP contribution in [0.25, 0.3) is 0 Å². The standard InChI is InChI=1S/C17H34N2/c1-2-3-4-5-6-7-11-14-17(19-18)15-16-12-9-8-10-13-16/h12,17,19H,2-11,13-15,18H2,1H3. The highest BCUT2D eigenvalue weighted by atomic mass is 15.2. The van der Waals surface area contributed by atoms with E-state index in [1.54, 1.807) is 5.57 Å². The van der Waals surface area contributed by atoms with Gasteiger partial charge in [0.05, 0.1) is 0 Å². The van der Waals surface area contributed by atoms with Crippen molar-refractivity contribution in [3.05, 3.63) is 11.6 Å². The fraction of sp³-hybridized carbons (Fsp3) is 0.882. The number of rotatable bonds is 11. The number of nitrogens with two attached hydrogens (primary N) is 1. The normalized spacial score (nSPS) is 17.3. The maximum Gasteiger partial charge on any atom is 0.0247 e. The Morgan fingerprint density at radius 2 is 1.84 bits per heavy atom. The van der Waals surface area contributed by atoms with Gasteiger partial charge < -0.3 is 0 Å². The van der Waals surface area contributed by atoms with Crippen LogP contribution in [-0.2, 0) is 0 Å². The van der Waals surface area contributed by atoms with Crippen molar-refractivity contribution in [2.24, 2.45) is 5.84 Å². The second-order valence-corrected chi connectivity index (χ2v) is 6.09. The molecule has 19 heavy (non-hydrogen) atoms. The summed E-state index contributed by atoms with van der Waals surface area (Å²) in [6, 6.07) is 0.500. The molecule has 0 aliphatic heterocycles. The summed E-state index contributed by atoms with van der Waals surface area (Å²) in [5.74, 6) is 5.69. The number of unbranched alkanes of at least 4 members (excludes halogenated alkanes) is 6. The lowest BCUT2D eigenvalue weighted by Crippen LogP contribution is -2.35. The first-order valence-corrected chi connectivity index (χ1v) is 8.50. The summed E-state index contributed by atoms with van der Waals surface area (Å²) in [4.78, 5) is 0. The number of nitrogens with one attached hydrogen (secondary N) is 1. The maximum absolute atomic E-state index is 5.69. The average molecular weight is 266 g/mol. The predicted octanol–water partition coefficient (Wildman–Crippen LogP) is 4.85. The summed E-state index contributed by atoms with van der Waals surface area (Å²) in [7, 11) is 0. The molecule has 0 amide bonds. The van der Waals surface area contributed by atoms with Crippen LogP contribution >= 0.6 is 0 Å². The van der Waals surface area contributed by atoms with Crippen molar-refractivity contribution in [1.29, 1.82) is 0 Å². The minimum Gasteiger partial charge on any atom is -0.271 e. The highest BCUT2D eigenvalue weighted by molar-refractivity contribution is 5.06. The first-order valence-electron chi connectivity index (χ1n) is 8.50. The first kappa shape index (κ1) is 16.7. The molecule has 0 fully saturated rings. The smallest absolute Gasteiger partial charge is 0.0247 e. The number of hydrogen-bond donors (Lipinski definition) is 2. The fourth-order valence-electron chi connectivity index (χ4n) is 3.00. The van der Waals surface area contributed by atoms with Gasteiger partial charge in [0.25, 0.3) is 0 Å². The summed E-state index contributed by atoms with van der Waals surface area (Å²) in [5, 5.41) is 0. The quantitative estimate of drug-likeness (QED) is 0.243. The molecule has 3 N–H and O–H groups in total. The molecule has 0 spiro atoms. The van der Waals surface area contributed by atoms with Gasteiger partial charge in [-0.25, -0.2) is 0 Å². The molecule has 0 bridgehead atoms. The van der Waals surface area contributed by atoms with Crippen molar-refractivity contribution >= 4 is 0 Å². The molecule has 1 aliphatic carbocycles. The highest BCUT2D eigenvalue weighted by Gasteiger charge is 2.11. The van der Waals surface area contributed by atoms with E-state index in [1.807, 2.05) is 0 Å². The van der Waals surface area contributed by atoms with Crippen LogP contribution in [0.3, 0.4) is 0 Å². The molecular formula is C17H34N2. The van der Waals surface area contributed by atoms with Gasteiger partial charge in [-0.1, -0.05) is 63.5 Å². The van der Waals surface area contributed by atoms with E-state index in [4.69, 9.17) is 5.84 Å². The number of hydrazine groups is 1. The molecule has 0 aromatic heterocycles. The average Bonchev–Trinajstić information content (AvgIpc) is 2.46.